The highest BCUT2D eigenvalue weighted by Crippen LogP contribution is 2.32. The Balaban J connectivity index is 2.31. The molecule has 1 heteroatoms. The molecule has 0 spiro atoms. The van der Waals surface area contributed by atoms with Gasteiger partial charge in [-0.15, -0.1) is 0 Å². The van der Waals surface area contributed by atoms with Gasteiger partial charge in [0.15, 0.2) is 0 Å². The minimum Gasteiger partial charge on any atom is -0.299 e. The summed E-state index contributed by atoms with van der Waals surface area (Å²) in [7, 11) is 0. The lowest BCUT2D eigenvalue weighted by Gasteiger charge is -2.03. The fourth-order valence-electron chi connectivity index (χ4n) is 0.971. The average molecular weight is 126 g/mol. The van der Waals surface area contributed by atoms with Crippen LogP contribution in [-0.4, -0.2) is 5.78 Å². The van der Waals surface area contributed by atoms with Crippen molar-refractivity contribution in [3.8, 4) is 0 Å². The molecule has 1 nitrogen and oxygen atoms in total. The molecule has 0 unspecified atom stereocenters. The van der Waals surface area contributed by atoms with Crippen molar-refractivity contribution >= 4 is 5.78 Å². The molecule has 52 valence electrons. The first kappa shape index (κ1) is 6.79. The van der Waals surface area contributed by atoms with E-state index in [4.69, 9.17) is 0 Å². The summed E-state index contributed by atoms with van der Waals surface area (Å²) in [4.78, 5) is 11.1. The maximum atomic E-state index is 11.1. The van der Waals surface area contributed by atoms with Crippen molar-refractivity contribution in [2.75, 3.05) is 0 Å². The lowest BCUT2D eigenvalue weighted by molar-refractivity contribution is -0.123. The van der Waals surface area contributed by atoms with Crippen molar-refractivity contribution in [2.24, 2.45) is 11.8 Å². The Bertz CT molecular complexity index is 114. The standard InChI is InChI=1S/C8H14O/c1-3-6(2)8(9)7-4-5-7/h6-7H,3-5H2,1-2H3/t6-/m1/s1. The summed E-state index contributed by atoms with van der Waals surface area (Å²) in [6.07, 6.45) is 3.32. The number of ketones is 1. The third-order valence-electron chi connectivity index (χ3n) is 2.08. The summed E-state index contributed by atoms with van der Waals surface area (Å²) in [5.74, 6) is 1.27. The minimum atomic E-state index is 0.317. The van der Waals surface area contributed by atoms with E-state index in [-0.39, 0.29) is 0 Å². The fourth-order valence-corrected chi connectivity index (χ4v) is 0.971. The molecule has 9 heavy (non-hydrogen) atoms. The summed E-state index contributed by atoms with van der Waals surface area (Å²) in [6, 6.07) is 0. The van der Waals surface area contributed by atoms with Gasteiger partial charge < -0.3 is 0 Å². The summed E-state index contributed by atoms with van der Waals surface area (Å²) in [5.41, 5.74) is 0. The normalized spacial score (nSPS) is 21.6. The van der Waals surface area contributed by atoms with Crippen LogP contribution in [0.2, 0.25) is 0 Å². The maximum absolute atomic E-state index is 11.1. The van der Waals surface area contributed by atoms with E-state index in [1.807, 2.05) is 6.92 Å². The smallest absolute Gasteiger partial charge is 0.138 e. The molecular formula is C8H14O. The molecule has 1 saturated carbocycles. The van der Waals surface area contributed by atoms with E-state index in [1.165, 1.54) is 0 Å². The summed E-state index contributed by atoms with van der Waals surface area (Å²) in [6.45, 7) is 4.10. The molecule has 1 aliphatic carbocycles. The van der Waals surface area contributed by atoms with Crippen molar-refractivity contribution in [3.63, 3.8) is 0 Å². The fraction of sp³-hybridized carbons (Fsp3) is 0.875. The lowest BCUT2D eigenvalue weighted by atomic mass is 10.0. The highest BCUT2D eigenvalue weighted by Gasteiger charge is 2.31. The molecule has 0 aromatic rings. The molecule has 0 amide bonds. The number of hydrogen-bond acceptors (Lipinski definition) is 1. The number of carbonyl (C=O) groups is 1. The minimum absolute atomic E-state index is 0.317. The molecule has 0 aromatic carbocycles. The lowest BCUT2D eigenvalue weighted by Crippen LogP contribution is -2.11. The van der Waals surface area contributed by atoms with E-state index in [0.29, 0.717) is 17.6 Å². The molecule has 0 radical (unpaired) electrons. The van der Waals surface area contributed by atoms with Crippen LogP contribution in [0, 0.1) is 11.8 Å². The van der Waals surface area contributed by atoms with Crippen molar-refractivity contribution in [1.29, 1.82) is 0 Å². The summed E-state index contributed by atoms with van der Waals surface area (Å²) >= 11 is 0. The number of hydrogen-bond donors (Lipinski definition) is 0. The zero-order chi connectivity index (χ0) is 6.85. The molecular weight excluding hydrogens is 112 g/mol. The highest BCUT2D eigenvalue weighted by atomic mass is 16.1. The zero-order valence-electron chi connectivity index (χ0n) is 6.18. The summed E-state index contributed by atoms with van der Waals surface area (Å²) < 4.78 is 0. The van der Waals surface area contributed by atoms with Gasteiger partial charge >= 0.3 is 0 Å². The molecule has 0 aliphatic heterocycles. The molecule has 1 rings (SSSR count). The van der Waals surface area contributed by atoms with E-state index in [9.17, 15) is 4.79 Å². The van der Waals surface area contributed by atoms with E-state index >= 15 is 0 Å². The van der Waals surface area contributed by atoms with Gasteiger partial charge in [0.1, 0.15) is 5.78 Å². The Morgan fingerprint density at radius 3 is 2.56 bits per heavy atom. The van der Waals surface area contributed by atoms with E-state index < -0.39 is 0 Å². The van der Waals surface area contributed by atoms with Gasteiger partial charge in [0.2, 0.25) is 0 Å². The third-order valence-corrected chi connectivity index (χ3v) is 2.08. The topological polar surface area (TPSA) is 17.1 Å². The molecule has 0 N–H and O–H groups in total. The van der Waals surface area contributed by atoms with Gasteiger partial charge in [-0.3, -0.25) is 4.79 Å². The Labute approximate surface area is 56.4 Å². The first-order valence-corrected chi connectivity index (χ1v) is 3.79. The predicted octanol–water partition coefficient (Wildman–Crippen LogP) is 2.01. The maximum Gasteiger partial charge on any atom is 0.138 e. The van der Waals surface area contributed by atoms with Crippen molar-refractivity contribution < 1.29 is 4.79 Å². The number of rotatable bonds is 3. The zero-order valence-corrected chi connectivity index (χ0v) is 6.18. The quantitative estimate of drug-likeness (QED) is 0.565. The number of carbonyl (C=O) groups excluding carboxylic acids is 1. The summed E-state index contributed by atoms with van der Waals surface area (Å²) in [5, 5.41) is 0. The highest BCUT2D eigenvalue weighted by molar-refractivity contribution is 5.85. The van der Waals surface area contributed by atoms with Crippen LogP contribution in [0.5, 0.6) is 0 Å². The predicted molar refractivity (Wildman–Crippen MR) is 37.2 cm³/mol. The van der Waals surface area contributed by atoms with Gasteiger partial charge in [0.25, 0.3) is 0 Å². The van der Waals surface area contributed by atoms with Gasteiger partial charge in [-0.05, 0) is 19.3 Å². The van der Waals surface area contributed by atoms with Gasteiger partial charge in [0, 0.05) is 11.8 Å². The first-order chi connectivity index (χ1) is 4.25. The Morgan fingerprint density at radius 2 is 2.22 bits per heavy atom. The van der Waals surface area contributed by atoms with Crippen LogP contribution in [0.25, 0.3) is 0 Å². The van der Waals surface area contributed by atoms with Crippen LogP contribution in [0.1, 0.15) is 33.1 Å². The Kier molecular flexibility index (Phi) is 1.89. The van der Waals surface area contributed by atoms with Crippen LogP contribution >= 0.6 is 0 Å². The van der Waals surface area contributed by atoms with E-state index in [2.05, 4.69) is 6.92 Å². The average Bonchev–Trinajstić information content (AvgIpc) is 2.66. The monoisotopic (exact) mass is 126 g/mol. The van der Waals surface area contributed by atoms with Crippen LogP contribution < -0.4 is 0 Å². The Hall–Kier alpha value is -0.330. The van der Waals surface area contributed by atoms with E-state index in [0.717, 1.165) is 19.3 Å². The largest absolute Gasteiger partial charge is 0.299 e. The van der Waals surface area contributed by atoms with Crippen LogP contribution in [0.4, 0.5) is 0 Å². The second-order valence-corrected chi connectivity index (χ2v) is 2.99. The van der Waals surface area contributed by atoms with Crippen molar-refractivity contribution in [2.45, 2.75) is 33.1 Å². The molecule has 1 fully saturated rings. The van der Waals surface area contributed by atoms with Gasteiger partial charge in [-0.1, -0.05) is 13.8 Å². The van der Waals surface area contributed by atoms with Gasteiger partial charge in [-0.25, -0.2) is 0 Å². The second-order valence-electron chi connectivity index (χ2n) is 2.99. The van der Waals surface area contributed by atoms with Crippen molar-refractivity contribution in [3.05, 3.63) is 0 Å². The third kappa shape index (κ3) is 1.54. The molecule has 0 saturated heterocycles. The van der Waals surface area contributed by atoms with Crippen LogP contribution in [0.3, 0.4) is 0 Å². The first-order valence-electron chi connectivity index (χ1n) is 3.79. The van der Waals surface area contributed by atoms with Crippen LogP contribution in [0.15, 0.2) is 0 Å². The van der Waals surface area contributed by atoms with Gasteiger partial charge in [-0.2, -0.15) is 0 Å². The number of Topliss-reactive ketones (excluding diaryl/α,β-unsaturated/α-hetero) is 1. The molecule has 1 atom stereocenters. The van der Waals surface area contributed by atoms with Crippen molar-refractivity contribution in [1.82, 2.24) is 0 Å². The molecule has 1 aliphatic rings. The Morgan fingerprint density at radius 1 is 1.67 bits per heavy atom. The molecule has 0 bridgehead atoms. The van der Waals surface area contributed by atoms with Gasteiger partial charge in [0.05, 0.1) is 0 Å². The molecule has 0 heterocycles. The molecule has 0 aromatic heterocycles. The second kappa shape index (κ2) is 2.51. The van der Waals surface area contributed by atoms with E-state index in [1.54, 1.807) is 0 Å². The SMILES string of the molecule is CC[C@@H](C)C(=O)C1CC1. The van der Waals surface area contributed by atoms with Crippen LogP contribution in [-0.2, 0) is 4.79 Å².